The van der Waals surface area contributed by atoms with E-state index in [0.29, 0.717) is 12.6 Å². The van der Waals surface area contributed by atoms with Crippen molar-refractivity contribution in [1.82, 2.24) is 4.90 Å². The molecule has 2 aromatic carbocycles. The molecule has 0 fully saturated rings. The molecule has 0 spiro atoms. The first-order chi connectivity index (χ1) is 10.2. The van der Waals surface area contributed by atoms with Crippen molar-refractivity contribution in [2.45, 2.75) is 32.9 Å². The Morgan fingerprint density at radius 1 is 1.10 bits per heavy atom. The van der Waals surface area contributed by atoms with E-state index in [-0.39, 0.29) is 0 Å². The summed E-state index contributed by atoms with van der Waals surface area (Å²) in [7, 11) is 0. The van der Waals surface area contributed by atoms with E-state index in [1.165, 1.54) is 27.8 Å². The quantitative estimate of drug-likeness (QED) is 0.934. The Kier molecular flexibility index (Phi) is 4.09. The minimum absolute atomic E-state index is 0.343. The van der Waals surface area contributed by atoms with Gasteiger partial charge in [0.25, 0.3) is 0 Å². The third kappa shape index (κ3) is 3.02. The summed E-state index contributed by atoms with van der Waals surface area (Å²) in [4.78, 5) is 2.52. The van der Waals surface area contributed by atoms with Crippen LogP contribution in [0.4, 0.5) is 0 Å². The Morgan fingerprint density at radius 2 is 1.81 bits per heavy atom. The highest BCUT2D eigenvalue weighted by Crippen LogP contribution is 2.30. The van der Waals surface area contributed by atoms with Gasteiger partial charge in [0.1, 0.15) is 0 Å². The van der Waals surface area contributed by atoms with Crippen LogP contribution in [0.25, 0.3) is 0 Å². The van der Waals surface area contributed by atoms with Crippen molar-refractivity contribution in [3.05, 3.63) is 70.3 Å². The number of nitrogens with two attached hydrogens (primary N) is 1. The lowest BCUT2D eigenvalue weighted by Gasteiger charge is -2.37. The van der Waals surface area contributed by atoms with Crippen molar-refractivity contribution >= 4 is 0 Å². The molecule has 0 saturated heterocycles. The molecule has 0 bridgehead atoms. The molecule has 2 aromatic rings. The van der Waals surface area contributed by atoms with Crippen molar-refractivity contribution in [1.29, 1.82) is 0 Å². The van der Waals surface area contributed by atoms with E-state index in [0.717, 1.165) is 19.5 Å². The van der Waals surface area contributed by atoms with Crippen LogP contribution in [0.2, 0.25) is 0 Å². The Balaban J connectivity index is 1.86. The molecular weight excluding hydrogens is 256 g/mol. The number of hydrogen-bond acceptors (Lipinski definition) is 2. The van der Waals surface area contributed by atoms with E-state index < -0.39 is 0 Å². The second-order valence-corrected chi connectivity index (χ2v) is 6.17. The molecular formula is C19H24N2. The zero-order valence-electron chi connectivity index (χ0n) is 13.0. The van der Waals surface area contributed by atoms with Gasteiger partial charge in [-0.15, -0.1) is 0 Å². The van der Waals surface area contributed by atoms with Crippen LogP contribution in [0.3, 0.4) is 0 Å². The largest absolute Gasteiger partial charge is 0.329 e. The smallest absolute Gasteiger partial charge is 0.0476 e. The summed E-state index contributed by atoms with van der Waals surface area (Å²) >= 11 is 0. The van der Waals surface area contributed by atoms with Crippen LogP contribution in [0, 0.1) is 13.8 Å². The molecule has 0 radical (unpaired) electrons. The summed E-state index contributed by atoms with van der Waals surface area (Å²) in [5.74, 6) is 0. The molecule has 3 rings (SSSR count). The van der Waals surface area contributed by atoms with Crippen molar-refractivity contribution in [2.24, 2.45) is 5.73 Å². The van der Waals surface area contributed by atoms with Crippen molar-refractivity contribution < 1.29 is 0 Å². The highest BCUT2D eigenvalue weighted by Gasteiger charge is 2.25. The van der Waals surface area contributed by atoms with Gasteiger partial charge in [-0.25, -0.2) is 0 Å². The summed E-state index contributed by atoms with van der Waals surface area (Å²) < 4.78 is 0. The number of fused-ring (bicyclic) bond motifs is 1. The molecule has 2 heteroatoms. The van der Waals surface area contributed by atoms with E-state index in [4.69, 9.17) is 5.73 Å². The lowest BCUT2D eigenvalue weighted by molar-refractivity contribution is 0.181. The molecule has 1 atom stereocenters. The first-order valence-electron chi connectivity index (χ1n) is 7.76. The summed E-state index contributed by atoms with van der Waals surface area (Å²) in [6.07, 6.45) is 1.12. The summed E-state index contributed by atoms with van der Waals surface area (Å²) in [6.45, 7) is 7.09. The molecule has 0 saturated carbocycles. The molecule has 0 amide bonds. The number of hydrogen-bond donors (Lipinski definition) is 1. The van der Waals surface area contributed by atoms with E-state index in [2.05, 4.69) is 61.2 Å². The molecule has 21 heavy (non-hydrogen) atoms. The first-order valence-corrected chi connectivity index (χ1v) is 7.76. The van der Waals surface area contributed by atoms with Crippen LogP contribution < -0.4 is 5.73 Å². The van der Waals surface area contributed by atoms with Crippen LogP contribution in [0.5, 0.6) is 0 Å². The maximum atomic E-state index is 6.08. The fourth-order valence-corrected chi connectivity index (χ4v) is 3.56. The molecule has 2 nitrogen and oxygen atoms in total. The number of aryl methyl sites for hydroxylation is 2. The summed E-state index contributed by atoms with van der Waals surface area (Å²) in [5, 5.41) is 0. The van der Waals surface area contributed by atoms with Gasteiger partial charge in [0.2, 0.25) is 0 Å². The molecule has 0 aliphatic carbocycles. The fraction of sp³-hybridized carbons (Fsp3) is 0.368. The molecule has 1 unspecified atom stereocenters. The third-order valence-electron chi connectivity index (χ3n) is 4.41. The van der Waals surface area contributed by atoms with E-state index in [1.807, 2.05) is 0 Å². The number of rotatable bonds is 3. The number of benzene rings is 2. The molecule has 2 N–H and O–H groups in total. The van der Waals surface area contributed by atoms with Crippen LogP contribution >= 0.6 is 0 Å². The van der Waals surface area contributed by atoms with Gasteiger partial charge >= 0.3 is 0 Å². The normalized spacial score (nSPS) is 18.5. The highest BCUT2D eigenvalue weighted by molar-refractivity contribution is 5.34. The molecule has 1 heterocycles. The Morgan fingerprint density at radius 3 is 2.52 bits per heavy atom. The van der Waals surface area contributed by atoms with Crippen LogP contribution in [-0.2, 0) is 13.0 Å². The first kappa shape index (κ1) is 14.3. The zero-order valence-corrected chi connectivity index (χ0v) is 13.0. The van der Waals surface area contributed by atoms with Gasteiger partial charge in [-0.2, -0.15) is 0 Å². The zero-order chi connectivity index (χ0) is 14.8. The van der Waals surface area contributed by atoms with Gasteiger partial charge in [0.15, 0.2) is 0 Å². The molecule has 1 aliphatic heterocycles. The van der Waals surface area contributed by atoms with Gasteiger partial charge in [-0.05, 0) is 37.0 Å². The van der Waals surface area contributed by atoms with Crippen LogP contribution in [0.15, 0.2) is 42.5 Å². The van der Waals surface area contributed by atoms with Gasteiger partial charge < -0.3 is 5.73 Å². The Labute approximate surface area is 127 Å². The maximum Gasteiger partial charge on any atom is 0.0476 e. The minimum atomic E-state index is 0.343. The molecule has 1 aliphatic rings. The SMILES string of the molecule is Cc1cc(C)cc(CN2CCc3ccccc3C2CN)c1. The fourth-order valence-electron chi connectivity index (χ4n) is 3.56. The minimum Gasteiger partial charge on any atom is -0.329 e. The highest BCUT2D eigenvalue weighted by atomic mass is 15.2. The molecule has 110 valence electrons. The maximum absolute atomic E-state index is 6.08. The van der Waals surface area contributed by atoms with Crippen molar-refractivity contribution in [3.63, 3.8) is 0 Å². The second-order valence-electron chi connectivity index (χ2n) is 6.17. The van der Waals surface area contributed by atoms with Crippen molar-refractivity contribution in [3.8, 4) is 0 Å². The number of nitrogens with zero attached hydrogens (tertiary/aromatic N) is 1. The monoisotopic (exact) mass is 280 g/mol. The standard InChI is InChI=1S/C19H24N2/c1-14-9-15(2)11-16(10-14)13-21-8-7-17-5-3-4-6-18(17)19(21)12-20/h3-6,9-11,19H,7-8,12-13,20H2,1-2H3. The average molecular weight is 280 g/mol. The van der Waals surface area contributed by atoms with E-state index in [1.54, 1.807) is 0 Å². The van der Waals surface area contributed by atoms with E-state index >= 15 is 0 Å². The van der Waals surface area contributed by atoms with Gasteiger partial charge in [-0.3, -0.25) is 4.90 Å². The topological polar surface area (TPSA) is 29.3 Å². The summed E-state index contributed by atoms with van der Waals surface area (Å²) in [5.41, 5.74) is 13.0. The average Bonchev–Trinajstić information content (AvgIpc) is 2.46. The second kappa shape index (κ2) is 6.00. The van der Waals surface area contributed by atoms with Gasteiger partial charge in [0, 0.05) is 25.7 Å². The van der Waals surface area contributed by atoms with E-state index in [9.17, 15) is 0 Å². The predicted octanol–water partition coefficient (Wildman–Crippen LogP) is 3.36. The lowest BCUT2D eigenvalue weighted by Crippen LogP contribution is -2.38. The van der Waals surface area contributed by atoms with Crippen molar-refractivity contribution in [2.75, 3.05) is 13.1 Å². The van der Waals surface area contributed by atoms with Crippen LogP contribution in [-0.4, -0.2) is 18.0 Å². The van der Waals surface area contributed by atoms with Gasteiger partial charge in [0.05, 0.1) is 0 Å². The van der Waals surface area contributed by atoms with Gasteiger partial charge in [-0.1, -0.05) is 53.6 Å². The Bertz CT molecular complexity index is 613. The summed E-state index contributed by atoms with van der Waals surface area (Å²) in [6, 6.07) is 15.9. The third-order valence-corrected chi connectivity index (χ3v) is 4.41. The Hall–Kier alpha value is -1.64. The predicted molar refractivity (Wildman–Crippen MR) is 88.3 cm³/mol. The van der Waals surface area contributed by atoms with Crippen LogP contribution in [0.1, 0.15) is 33.9 Å². The molecule has 0 aromatic heterocycles. The lowest BCUT2D eigenvalue weighted by atomic mass is 9.92.